The molecule has 3 heterocycles. The van der Waals surface area contributed by atoms with Crippen LogP contribution in [0.4, 0.5) is 0 Å². The van der Waals surface area contributed by atoms with Gasteiger partial charge in [0.1, 0.15) is 10.7 Å². The van der Waals surface area contributed by atoms with E-state index >= 15 is 0 Å². The van der Waals surface area contributed by atoms with Gasteiger partial charge in [-0.3, -0.25) is 20.1 Å². The van der Waals surface area contributed by atoms with Crippen LogP contribution in [0, 0.1) is 6.92 Å². The minimum atomic E-state index is -0.239. The smallest absolute Gasteiger partial charge is 0.276 e. The minimum absolute atomic E-state index is 0.239. The highest BCUT2D eigenvalue weighted by molar-refractivity contribution is 7.09. The van der Waals surface area contributed by atoms with Crippen LogP contribution < -0.4 is 10.6 Å². The number of aromatic nitrogens is 3. The zero-order valence-electron chi connectivity index (χ0n) is 13.4. The molecule has 7 nitrogen and oxygen atoms in total. The van der Waals surface area contributed by atoms with Crippen molar-refractivity contribution in [3.05, 3.63) is 57.9 Å². The van der Waals surface area contributed by atoms with Crippen molar-refractivity contribution in [1.29, 1.82) is 0 Å². The van der Waals surface area contributed by atoms with Crippen molar-refractivity contribution in [1.82, 2.24) is 25.6 Å². The highest BCUT2D eigenvalue weighted by Crippen LogP contribution is 2.16. The number of hydrogen-bond acceptors (Lipinski definition) is 7. The van der Waals surface area contributed by atoms with E-state index in [0.29, 0.717) is 18.2 Å². The molecule has 0 radical (unpaired) electrons. The summed E-state index contributed by atoms with van der Waals surface area (Å²) in [5.41, 5.74) is 3.76. The number of fused-ring (bicyclic) bond motifs is 1. The molecule has 0 atom stereocenters. The molecule has 2 N–H and O–H groups in total. The summed E-state index contributed by atoms with van der Waals surface area (Å²) in [4.78, 5) is 29.3. The Labute approximate surface area is 147 Å². The van der Waals surface area contributed by atoms with E-state index in [2.05, 4.69) is 30.6 Å². The van der Waals surface area contributed by atoms with E-state index in [1.807, 2.05) is 30.5 Å². The number of guanidine groups is 1. The van der Waals surface area contributed by atoms with Crippen molar-refractivity contribution in [2.75, 3.05) is 0 Å². The lowest BCUT2D eigenvalue weighted by atomic mass is 10.1. The lowest BCUT2D eigenvalue weighted by Gasteiger charge is -2.01. The van der Waals surface area contributed by atoms with Crippen LogP contribution >= 0.6 is 11.3 Å². The zero-order valence-corrected chi connectivity index (χ0v) is 14.2. The van der Waals surface area contributed by atoms with Gasteiger partial charge < -0.3 is 5.32 Å². The van der Waals surface area contributed by atoms with Crippen LogP contribution in [0.15, 0.2) is 46.7 Å². The molecular weight excluding hydrogens is 336 g/mol. The molecule has 0 fully saturated rings. The maximum absolute atomic E-state index is 12.1. The van der Waals surface area contributed by atoms with Crippen LogP contribution in [0.5, 0.6) is 0 Å². The predicted molar refractivity (Wildman–Crippen MR) is 96.8 cm³/mol. The topological polar surface area (TPSA) is 92.2 Å². The summed E-state index contributed by atoms with van der Waals surface area (Å²) in [6, 6.07) is 5.63. The largest absolute Gasteiger partial charge is 0.349 e. The van der Waals surface area contributed by atoms with Crippen molar-refractivity contribution in [2.24, 2.45) is 4.99 Å². The molecule has 1 aromatic carbocycles. The first-order valence-electron chi connectivity index (χ1n) is 7.65. The number of nitrogens with zero attached hydrogens (tertiary/aromatic N) is 4. The maximum Gasteiger partial charge on any atom is 0.276 e. The first kappa shape index (κ1) is 15.4. The Balaban J connectivity index is 1.53. The number of hydrogen-bond donors (Lipinski definition) is 2. The van der Waals surface area contributed by atoms with Gasteiger partial charge in [-0.15, -0.1) is 11.3 Å². The molecule has 25 heavy (non-hydrogen) atoms. The van der Waals surface area contributed by atoms with Gasteiger partial charge in [-0.05, 0) is 30.7 Å². The predicted octanol–water partition coefficient (Wildman–Crippen LogP) is 2.01. The first-order chi connectivity index (χ1) is 12.2. The second kappa shape index (κ2) is 6.40. The molecule has 4 rings (SSSR count). The number of carbonyl (C=O) groups excluding carboxylic acids is 1. The molecule has 0 aliphatic carbocycles. The second-order valence-electron chi connectivity index (χ2n) is 5.48. The Hall–Kier alpha value is -3.13. The van der Waals surface area contributed by atoms with E-state index in [0.717, 1.165) is 27.3 Å². The molecule has 0 saturated carbocycles. The molecule has 0 unspecified atom stereocenters. The van der Waals surface area contributed by atoms with Gasteiger partial charge in [0.25, 0.3) is 5.91 Å². The minimum Gasteiger partial charge on any atom is -0.349 e. The normalized spacial score (nSPS) is 15.5. The first-order valence-corrected chi connectivity index (χ1v) is 8.53. The van der Waals surface area contributed by atoms with Crippen molar-refractivity contribution in [3.8, 4) is 0 Å². The number of thiazole rings is 1. The summed E-state index contributed by atoms with van der Waals surface area (Å²) in [5, 5.41) is 8.74. The molecule has 0 saturated heterocycles. The molecule has 124 valence electrons. The molecule has 0 spiro atoms. The average Bonchev–Trinajstić information content (AvgIpc) is 3.19. The third-order valence-corrected chi connectivity index (χ3v) is 4.53. The van der Waals surface area contributed by atoms with Crippen LogP contribution in [0.2, 0.25) is 0 Å². The number of aliphatic imine (C=N–C) groups is 1. The molecule has 8 heteroatoms. The van der Waals surface area contributed by atoms with E-state index < -0.39 is 0 Å². The fraction of sp³-hybridized carbons (Fsp3) is 0.118. The van der Waals surface area contributed by atoms with Gasteiger partial charge in [0.2, 0.25) is 5.96 Å². The third-order valence-electron chi connectivity index (χ3n) is 3.57. The van der Waals surface area contributed by atoms with Crippen molar-refractivity contribution < 1.29 is 4.79 Å². The molecule has 1 aliphatic heterocycles. The number of rotatable bonds is 3. The third kappa shape index (κ3) is 3.38. The molecule has 0 bridgehead atoms. The Morgan fingerprint density at radius 2 is 2.08 bits per heavy atom. The Morgan fingerprint density at radius 1 is 1.24 bits per heavy atom. The Bertz CT molecular complexity index is 1020. The van der Waals surface area contributed by atoms with Gasteiger partial charge >= 0.3 is 0 Å². The lowest BCUT2D eigenvalue weighted by molar-refractivity contribution is -0.115. The lowest BCUT2D eigenvalue weighted by Crippen LogP contribution is -2.35. The highest BCUT2D eigenvalue weighted by atomic mass is 32.1. The summed E-state index contributed by atoms with van der Waals surface area (Å²) in [7, 11) is 0. The van der Waals surface area contributed by atoms with Crippen LogP contribution in [0.3, 0.4) is 0 Å². The quantitative estimate of drug-likeness (QED) is 0.705. The number of nitrogens with one attached hydrogen (secondary N) is 2. The fourth-order valence-electron chi connectivity index (χ4n) is 2.42. The van der Waals surface area contributed by atoms with E-state index in [1.54, 1.807) is 29.8 Å². The summed E-state index contributed by atoms with van der Waals surface area (Å²) in [6.45, 7) is 2.47. The summed E-state index contributed by atoms with van der Waals surface area (Å²) < 4.78 is 0. The van der Waals surface area contributed by atoms with Gasteiger partial charge in [-0.1, -0.05) is 6.07 Å². The SMILES string of the molecule is Cc1csc(CNC2=N/C(=C\c3ccc4nccnc4c3)C(=O)N2)n1. The van der Waals surface area contributed by atoms with Gasteiger partial charge in [0.05, 0.1) is 17.6 Å². The van der Waals surface area contributed by atoms with Gasteiger partial charge in [-0.2, -0.15) is 0 Å². The van der Waals surface area contributed by atoms with Crippen LogP contribution in [-0.2, 0) is 11.3 Å². The molecular formula is C17H14N6OS. The van der Waals surface area contributed by atoms with Crippen LogP contribution in [0.25, 0.3) is 17.1 Å². The standard InChI is InChI=1S/C17H14N6OS/c1-10-9-25-15(21-10)8-20-17-22-14(16(24)23-17)7-11-2-3-12-13(6-11)19-5-4-18-12/h2-7,9H,8H2,1H3,(H2,20,22,23,24)/b14-7-. The molecule has 2 aromatic heterocycles. The van der Waals surface area contributed by atoms with Gasteiger partial charge in [0.15, 0.2) is 0 Å². The molecule has 3 aromatic rings. The van der Waals surface area contributed by atoms with Crippen molar-refractivity contribution >= 4 is 40.3 Å². The maximum atomic E-state index is 12.1. The van der Waals surface area contributed by atoms with Crippen LogP contribution in [0.1, 0.15) is 16.3 Å². The van der Waals surface area contributed by atoms with E-state index in [1.165, 1.54) is 0 Å². The number of amides is 1. The van der Waals surface area contributed by atoms with Gasteiger partial charge in [-0.25, -0.2) is 9.98 Å². The Morgan fingerprint density at radius 3 is 2.88 bits per heavy atom. The fourth-order valence-corrected chi connectivity index (χ4v) is 3.13. The average molecular weight is 350 g/mol. The summed E-state index contributed by atoms with van der Waals surface area (Å²) >= 11 is 1.57. The monoisotopic (exact) mass is 350 g/mol. The summed E-state index contributed by atoms with van der Waals surface area (Å²) in [6.07, 6.45) is 5.02. The second-order valence-corrected chi connectivity index (χ2v) is 6.43. The molecule has 1 aliphatic rings. The molecule has 1 amide bonds. The zero-order chi connectivity index (χ0) is 17.2. The van der Waals surface area contributed by atoms with Crippen molar-refractivity contribution in [2.45, 2.75) is 13.5 Å². The van der Waals surface area contributed by atoms with Crippen LogP contribution in [-0.4, -0.2) is 26.8 Å². The van der Waals surface area contributed by atoms with Crippen molar-refractivity contribution in [3.63, 3.8) is 0 Å². The van der Waals surface area contributed by atoms with Gasteiger partial charge in [0, 0.05) is 23.5 Å². The Kier molecular flexibility index (Phi) is 3.95. The van der Waals surface area contributed by atoms with E-state index in [4.69, 9.17) is 0 Å². The summed E-state index contributed by atoms with van der Waals surface area (Å²) in [5.74, 6) is 0.196. The number of aryl methyl sites for hydroxylation is 1. The number of benzene rings is 1. The van der Waals surface area contributed by atoms with E-state index in [-0.39, 0.29) is 5.91 Å². The van der Waals surface area contributed by atoms with E-state index in [9.17, 15) is 4.79 Å². The highest BCUT2D eigenvalue weighted by Gasteiger charge is 2.20. The number of carbonyl (C=O) groups is 1.